The van der Waals surface area contributed by atoms with E-state index in [1.165, 1.54) is 44.9 Å². The van der Waals surface area contributed by atoms with E-state index in [4.69, 9.17) is 9.47 Å². The highest BCUT2D eigenvalue weighted by Gasteiger charge is 2.56. The Morgan fingerprint density at radius 1 is 0.655 bits per heavy atom. The van der Waals surface area contributed by atoms with Crippen molar-refractivity contribution in [3.05, 3.63) is 0 Å². The van der Waals surface area contributed by atoms with Crippen LogP contribution in [0.4, 0.5) is 22.0 Å². The number of alkyl halides is 5. The van der Waals surface area contributed by atoms with Crippen molar-refractivity contribution in [2.75, 3.05) is 13.2 Å². The van der Waals surface area contributed by atoms with Crippen molar-refractivity contribution in [3.63, 3.8) is 0 Å². The maximum atomic E-state index is 12.7. The summed E-state index contributed by atoms with van der Waals surface area (Å²) in [5.41, 5.74) is 0. The summed E-state index contributed by atoms with van der Waals surface area (Å²) in [7, 11) is 0. The van der Waals surface area contributed by atoms with E-state index in [1.807, 2.05) is 0 Å². The molecule has 1 aliphatic rings. The quantitative estimate of drug-likeness (QED) is 0.171. The zero-order valence-electron chi connectivity index (χ0n) is 17.7. The second-order valence-electron chi connectivity index (χ2n) is 8.22. The van der Waals surface area contributed by atoms with Gasteiger partial charge in [-0.05, 0) is 32.1 Å². The van der Waals surface area contributed by atoms with Gasteiger partial charge in [0, 0.05) is 19.6 Å². The lowest BCUT2D eigenvalue weighted by molar-refractivity contribution is -0.284. The Morgan fingerprint density at radius 3 is 1.59 bits per heavy atom. The molecule has 1 rings (SSSR count). The molecule has 1 fully saturated rings. The van der Waals surface area contributed by atoms with Crippen molar-refractivity contribution in [3.8, 4) is 0 Å². The highest BCUT2D eigenvalue weighted by Crippen LogP contribution is 2.39. The summed E-state index contributed by atoms with van der Waals surface area (Å²) in [6.07, 6.45) is 9.47. The topological polar surface area (TPSA) is 18.5 Å². The Balaban J connectivity index is 1.75. The number of unbranched alkanes of at least 4 members (excludes halogenated alkanes) is 12. The van der Waals surface area contributed by atoms with E-state index >= 15 is 0 Å². The molecule has 0 amide bonds. The van der Waals surface area contributed by atoms with Gasteiger partial charge in [-0.25, -0.2) is 0 Å². The minimum absolute atomic E-state index is 0.0181. The van der Waals surface area contributed by atoms with E-state index in [2.05, 4.69) is 0 Å². The molecule has 0 saturated carbocycles. The first-order chi connectivity index (χ1) is 13.8. The van der Waals surface area contributed by atoms with Gasteiger partial charge in [-0.3, -0.25) is 0 Å². The van der Waals surface area contributed by atoms with Crippen molar-refractivity contribution in [1.82, 2.24) is 0 Å². The molecule has 1 saturated heterocycles. The number of rotatable bonds is 17. The number of hydrogen-bond acceptors (Lipinski definition) is 2. The molecule has 0 aromatic carbocycles. The second-order valence-corrected chi connectivity index (χ2v) is 8.22. The molecule has 2 nitrogen and oxygen atoms in total. The van der Waals surface area contributed by atoms with E-state index in [0.717, 1.165) is 58.2 Å². The van der Waals surface area contributed by atoms with Crippen LogP contribution < -0.4 is 0 Å². The molecule has 0 aromatic rings. The van der Waals surface area contributed by atoms with Gasteiger partial charge in [0.25, 0.3) is 0 Å². The first-order valence-corrected chi connectivity index (χ1v) is 11.5. The molecule has 0 aliphatic carbocycles. The van der Waals surface area contributed by atoms with Crippen molar-refractivity contribution < 1.29 is 31.4 Å². The van der Waals surface area contributed by atoms with Crippen molar-refractivity contribution in [2.24, 2.45) is 0 Å². The lowest BCUT2D eigenvalue weighted by atomic mass is 10.0. The van der Waals surface area contributed by atoms with E-state index < -0.39 is 18.5 Å². The van der Waals surface area contributed by atoms with Crippen LogP contribution in [0.25, 0.3) is 0 Å². The fourth-order valence-corrected chi connectivity index (χ4v) is 3.59. The van der Waals surface area contributed by atoms with Crippen LogP contribution in [0.1, 0.15) is 109 Å². The molecule has 0 bridgehead atoms. The molecule has 1 aliphatic heterocycles. The maximum Gasteiger partial charge on any atom is 0.453 e. The summed E-state index contributed by atoms with van der Waals surface area (Å²) >= 11 is 0. The highest BCUT2D eigenvalue weighted by molar-refractivity contribution is 4.75. The molecular formula is C22H39F5O2. The van der Waals surface area contributed by atoms with Crippen molar-refractivity contribution in [1.29, 1.82) is 0 Å². The van der Waals surface area contributed by atoms with Crippen LogP contribution in [0.15, 0.2) is 0 Å². The number of ether oxygens (including phenoxy) is 2. The Kier molecular flexibility index (Phi) is 14.1. The Morgan fingerprint density at radius 2 is 1.14 bits per heavy atom. The van der Waals surface area contributed by atoms with Gasteiger partial charge in [0.2, 0.25) is 0 Å². The molecule has 0 aromatic heterocycles. The summed E-state index contributed by atoms with van der Waals surface area (Å²) in [5.74, 6) is -4.54. The Hall–Kier alpha value is -0.430. The van der Waals surface area contributed by atoms with Gasteiger partial charge in [0.05, 0.1) is 0 Å². The smallest absolute Gasteiger partial charge is 0.353 e. The van der Waals surface area contributed by atoms with Crippen molar-refractivity contribution >= 4 is 0 Å². The van der Waals surface area contributed by atoms with Gasteiger partial charge >= 0.3 is 12.1 Å². The van der Waals surface area contributed by atoms with Gasteiger partial charge in [-0.2, -0.15) is 22.0 Å². The van der Waals surface area contributed by atoms with Gasteiger partial charge in [-0.15, -0.1) is 0 Å². The fourth-order valence-electron chi connectivity index (χ4n) is 3.59. The first kappa shape index (κ1) is 26.6. The van der Waals surface area contributed by atoms with Gasteiger partial charge in [-0.1, -0.05) is 70.6 Å². The lowest BCUT2D eigenvalue weighted by Crippen LogP contribution is -2.36. The predicted molar refractivity (Wildman–Crippen MR) is 105 cm³/mol. The average molecular weight is 431 g/mol. The van der Waals surface area contributed by atoms with Crippen LogP contribution in [-0.2, 0) is 9.47 Å². The third kappa shape index (κ3) is 13.5. The molecule has 29 heavy (non-hydrogen) atoms. The summed E-state index contributed by atoms with van der Waals surface area (Å²) in [6, 6.07) is 0. The van der Waals surface area contributed by atoms with Gasteiger partial charge < -0.3 is 9.47 Å². The maximum absolute atomic E-state index is 12.7. The minimum atomic E-state index is -5.41. The third-order valence-corrected chi connectivity index (χ3v) is 5.49. The number of halogens is 5. The monoisotopic (exact) mass is 430 g/mol. The van der Waals surface area contributed by atoms with Crippen LogP contribution in [0.5, 0.6) is 0 Å². The first-order valence-electron chi connectivity index (χ1n) is 11.5. The SMILES string of the molecule is FC(F)(F)C(F)(F)CCCCCCCCCCCCCCCOC1CCCCO1. The summed E-state index contributed by atoms with van der Waals surface area (Å²) in [5, 5.41) is 0. The normalized spacial score (nSPS) is 18.3. The van der Waals surface area contributed by atoms with E-state index in [1.54, 1.807) is 0 Å². The Labute approximate surface area is 172 Å². The molecule has 0 N–H and O–H groups in total. The summed E-state index contributed by atoms with van der Waals surface area (Å²) in [6.45, 7) is 1.62. The predicted octanol–water partition coefficient (Wildman–Crippen LogP) is 8.19. The molecule has 0 radical (unpaired) electrons. The highest BCUT2D eigenvalue weighted by atomic mass is 19.4. The second kappa shape index (κ2) is 15.4. The molecule has 1 heterocycles. The molecular weight excluding hydrogens is 391 g/mol. The molecule has 174 valence electrons. The summed E-state index contributed by atoms with van der Waals surface area (Å²) < 4.78 is 72.8. The fraction of sp³-hybridized carbons (Fsp3) is 1.00. The van der Waals surface area contributed by atoms with Crippen LogP contribution in [0.2, 0.25) is 0 Å². The summed E-state index contributed by atoms with van der Waals surface area (Å²) in [4.78, 5) is 0. The number of hydrogen-bond donors (Lipinski definition) is 0. The molecule has 7 heteroatoms. The largest absolute Gasteiger partial charge is 0.453 e. The van der Waals surface area contributed by atoms with Gasteiger partial charge in [0.15, 0.2) is 6.29 Å². The van der Waals surface area contributed by atoms with E-state index in [-0.39, 0.29) is 12.7 Å². The van der Waals surface area contributed by atoms with E-state index in [9.17, 15) is 22.0 Å². The molecule has 1 unspecified atom stereocenters. The van der Waals surface area contributed by atoms with Crippen LogP contribution in [0, 0.1) is 0 Å². The standard InChI is InChI=1S/C22H39F5O2/c23-21(24,22(25,26)27)17-13-10-8-6-4-2-1-3-5-7-9-11-14-18-28-20-16-12-15-19-29-20/h20H,1-19H2. The average Bonchev–Trinajstić information content (AvgIpc) is 2.67. The van der Waals surface area contributed by atoms with Gasteiger partial charge in [0.1, 0.15) is 0 Å². The lowest BCUT2D eigenvalue weighted by Gasteiger charge is -2.22. The molecule has 0 spiro atoms. The van der Waals surface area contributed by atoms with Crippen LogP contribution in [-0.4, -0.2) is 31.6 Å². The van der Waals surface area contributed by atoms with Crippen LogP contribution in [0.3, 0.4) is 0 Å². The van der Waals surface area contributed by atoms with Crippen LogP contribution >= 0.6 is 0 Å². The zero-order valence-corrected chi connectivity index (χ0v) is 17.7. The molecule has 1 atom stereocenters. The zero-order chi connectivity index (χ0) is 21.4. The van der Waals surface area contributed by atoms with E-state index in [0.29, 0.717) is 6.42 Å². The third-order valence-electron chi connectivity index (χ3n) is 5.49. The minimum Gasteiger partial charge on any atom is -0.353 e. The Bertz CT molecular complexity index is 382. The van der Waals surface area contributed by atoms with Crippen molar-refractivity contribution in [2.45, 2.75) is 128 Å².